The number of benzene rings is 1. The molecule has 3 rings (SSSR count). The lowest BCUT2D eigenvalue weighted by atomic mass is 9.95. The topological polar surface area (TPSA) is 131 Å². The van der Waals surface area contributed by atoms with E-state index in [0.29, 0.717) is 18.7 Å². The maximum Gasteiger partial charge on any atom is 0.456 e. The van der Waals surface area contributed by atoms with Crippen LogP contribution in [-0.4, -0.2) is 91.2 Å². The molecular formula is C22H26ClF5N4O6S. The molecule has 1 aromatic heterocycles. The predicted molar refractivity (Wildman–Crippen MR) is 129 cm³/mol. The molecule has 1 aliphatic heterocycles. The summed E-state index contributed by atoms with van der Waals surface area (Å²) in [6, 6.07) is 5.22. The predicted octanol–water partition coefficient (Wildman–Crippen LogP) is 2.90. The van der Waals surface area contributed by atoms with Gasteiger partial charge in [0, 0.05) is 32.3 Å². The lowest BCUT2D eigenvalue weighted by Gasteiger charge is -2.39. The average Bonchev–Trinajstić information content (AvgIpc) is 2.90. The maximum absolute atomic E-state index is 13.5. The molecule has 1 aromatic carbocycles. The van der Waals surface area contributed by atoms with E-state index in [9.17, 15) is 40.4 Å². The van der Waals surface area contributed by atoms with Gasteiger partial charge < -0.3 is 14.4 Å². The highest BCUT2D eigenvalue weighted by Gasteiger charge is 2.58. The largest absolute Gasteiger partial charge is 0.470 e. The molecule has 0 atom stereocenters. The van der Waals surface area contributed by atoms with Crippen molar-refractivity contribution in [3.8, 4) is 17.1 Å². The molecule has 1 saturated heterocycles. The molecule has 0 radical (unpaired) electrons. The van der Waals surface area contributed by atoms with Crippen LogP contribution in [0.25, 0.3) is 11.3 Å². The highest BCUT2D eigenvalue weighted by molar-refractivity contribution is 7.93. The van der Waals surface area contributed by atoms with E-state index in [1.54, 1.807) is 0 Å². The molecule has 10 nitrogen and oxygen atoms in total. The molecule has 39 heavy (non-hydrogen) atoms. The van der Waals surface area contributed by atoms with Gasteiger partial charge in [-0.1, -0.05) is 12.1 Å². The van der Waals surface area contributed by atoms with Crippen molar-refractivity contribution in [2.75, 3.05) is 40.0 Å². The Morgan fingerprint density at radius 3 is 2.21 bits per heavy atom. The molecule has 17 heteroatoms. The lowest BCUT2D eigenvalue weighted by molar-refractivity contribution is -0.290. The van der Waals surface area contributed by atoms with Crippen LogP contribution in [0.3, 0.4) is 0 Å². The second kappa shape index (κ2) is 12.7. The Morgan fingerprint density at radius 2 is 1.72 bits per heavy atom. The smallest absolute Gasteiger partial charge is 0.456 e. The Labute approximate surface area is 226 Å². The van der Waals surface area contributed by atoms with Gasteiger partial charge in [-0.25, -0.2) is 23.9 Å². The summed E-state index contributed by atoms with van der Waals surface area (Å²) in [5, 5.41) is 9.29. The number of hydrogen-bond donors (Lipinski definition) is 2. The molecule has 0 bridgehead atoms. The number of piperidine rings is 1. The summed E-state index contributed by atoms with van der Waals surface area (Å²) in [6.45, 7) is -0.411. The molecule has 218 valence electrons. The molecule has 1 fully saturated rings. The van der Waals surface area contributed by atoms with E-state index in [-0.39, 0.29) is 48.9 Å². The zero-order valence-electron chi connectivity index (χ0n) is 20.5. The molecule has 1 amide bonds. The Hall–Kier alpha value is -2.66. The Bertz CT molecular complexity index is 1210. The minimum atomic E-state index is -5.78. The number of hydrogen-bond acceptors (Lipinski definition) is 9. The first-order valence-electron chi connectivity index (χ1n) is 11.2. The fourth-order valence-corrected chi connectivity index (χ4v) is 5.85. The van der Waals surface area contributed by atoms with E-state index >= 15 is 0 Å². The Kier molecular flexibility index (Phi) is 10.6. The summed E-state index contributed by atoms with van der Waals surface area (Å²) in [6.07, 6.45) is -3.99. The van der Waals surface area contributed by atoms with E-state index in [0.717, 1.165) is 12.4 Å². The van der Waals surface area contributed by atoms with E-state index in [2.05, 4.69) is 14.7 Å². The SMILES string of the molecule is COCCN1CCC(C(=O)NO)(S(=O)(=O)c2ccc(-c3cnc(OCC(F)(F)C(F)(F)F)cn3)cc2)CC1.Cl. The van der Waals surface area contributed by atoms with Gasteiger partial charge in [-0.3, -0.25) is 10.0 Å². The van der Waals surface area contributed by atoms with Gasteiger partial charge in [0.05, 0.1) is 29.6 Å². The van der Waals surface area contributed by atoms with Crippen molar-refractivity contribution in [2.45, 2.75) is 34.6 Å². The molecule has 0 unspecified atom stereocenters. The number of carbonyl (C=O) groups is 1. The number of aromatic nitrogens is 2. The van der Waals surface area contributed by atoms with Gasteiger partial charge in [0.1, 0.15) is 0 Å². The maximum atomic E-state index is 13.5. The van der Waals surface area contributed by atoms with Crippen molar-refractivity contribution in [2.24, 2.45) is 0 Å². The monoisotopic (exact) mass is 604 g/mol. The number of sulfone groups is 1. The van der Waals surface area contributed by atoms with Crippen LogP contribution >= 0.6 is 12.4 Å². The second-order valence-corrected chi connectivity index (χ2v) is 10.8. The van der Waals surface area contributed by atoms with Crippen LogP contribution in [0.4, 0.5) is 22.0 Å². The molecule has 0 spiro atoms. The third kappa shape index (κ3) is 6.92. The van der Waals surface area contributed by atoms with Crippen LogP contribution in [0.2, 0.25) is 0 Å². The van der Waals surface area contributed by atoms with Crippen molar-refractivity contribution in [1.82, 2.24) is 20.3 Å². The summed E-state index contributed by atoms with van der Waals surface area (Å²) < 4.78 is 97.4. The zero-order valence-corrected chi connectivity index (χ0v) is 22.1. The number of nitrogens with zero attached hydrogens (tertiary/aromatic N) is 3. The van der Waals surface area contributed by atoms with E-state index in [1.165, 1.54) is 36.9 Å². The van der Waals surface area contributed by atoms with Gasteiger partial charge >= 0.3 is 12.1 Å². The van der Waals surface area contributed by atoms with Crippen LogP contribution in [0, 0.1) is 0 Å². The first-order chi connectivity index (χ1) is 17.8. The molecule has 0 aliphatic carbocycles. The van der Waals surface area contributed by atoms with Crippen LogP contribution < -0.4 is 10.2 Å². The van der Waals surface area contributed by atoms with E-state index in [4.69, 9.17) is 4.74 Å². The lowest BCUT2D eigenvalue weighted by Crippen LogP contribution is -2.58. The highest BCUT2D eigenvalue weighted by Crippen LogP contribution is 2.37. The van der Waals surface area contributed by atoms with E-state index in [1.807, 2.05) is 4.90 Å². The normalized spacial score (nSPS) is 16.3. The third-order valence-electron chi connectivity index (χ3n) is 6.21. The number of alkyl halides is 5. The summed E-state index contributed by atoms with van der Waals surface area (Å²) in [7, 11) is -2.73. The van der Waals surface area contributed by atoms with Crippen LogP contribution in [0.15, 0.2) is 41.6 Å². The van der Waals surface area contributed by atoms with Crippen molar-refractivity contribution in [3.63, 3.8) is 0 Å². The van der Waals surface area contributed by atoms with Gasteiger partial charge in [0.25, 0.3) is 5.91 Å². The van der Waals surface area contributed by atoms with Crippen molar-refractivity contribution in [3.05, 3.63) is 36.7 Å². The number of hydroxylamine groups is 1. The summed E-state index contributed by atoms with van der Waals surface area (Å²) in [4.78, 5) is 21.9. The van der Waals surface area contributed by atoms with Crippen LogP contribution in [-0.2, 0) is 19.4 Å². The minimum Gasteiger partial charge on any atom is -0.470 e. The van der Waals surface area contributed by atoms with Gasteiger partial charge in [-0.05, 0) is 25.0 Å². The Morgan fingerprint density at radius 1 is 1.10 bits per heavy atom. The number of likely N-dealkylation sites (tertiary alicyclic amines) is 1. The van der Waals surface area contributed by atoms with Gasteiger partial charge in [-0.2, -0.15) is 22.0 Å². The van der Waals surface area contributed by atoms with Crippen molar-refractivity contribution in [1.29, 1.82) is 0 Å². The van der Waals surface area contributed by atoms with Crippen molar-refractivity contribution >= 4 is 28.2 Å². The number of rotatable bonds is 10. The fraction of sp³-hybridized carbons (Fsp3) is 0.500. The average molecular weight is 605 g/mol. The van der Waals surface area contributed by atoms with Gasteiger partial charge in [0.2, 0.25) is 5.88 Å². The first-order valence-corrected chi connectivity index (χ1v) is 12.7. The summed E-state index contributed by atoms with van der Waals surface area (Å²) in [5.74, 6) is -6.67. The fourth-order valence-electron chi connectivity index (χ4n) is 3.89. The van der Waals surface area contributed by atoms with Crippen LogP contribution in [0.5, 0.6) is 5.88 Å². The number of nitrogens with one attached hydrogen (secondary N) is 1. The number of carbonyl (C=O) groups excluding carboxylic acids is 1. The van der Waals surface area contributed by atoms with Gasteiger partial charge in [0.15, 0.2) is 21.2 Å². The Balaban J connectivity index is 0.00000533. The molecule has 0 saturated carbocycles. The third-order valence-corrected chi connectivity index (χ3v) is 8.72. The number of halogens is 6. The molecule has 1 aliphatic rings. The molecule has 2 heterocycles. The number of ether oxygens (including phenoxy) is 2. The molecule has 2 N–H and O–H groups in total. The quantitative estimate of drug-likeness (QED) is 0.239. The summed E-state index contributed by atoms with van der Waals surface area (Å²) in [5.41, 5.74) is 1.98. The highest BCUT2D eigenvalue weighted by atomic mass is 35.5. The van der Waals surface area contributed by atoms with Crippen LogP contribution in [0.1, 0.15) is 12.8 Å². The van der Waals surface area contributed by atoms with E-state index < -0.39 is 45.1 Å². The number of amides is 1. The minimum absolute atomic E-state index is 0. The first kappa shape index (κ1) is 32.6. The molecular weight excluding hydrogens is 579 g/mol. The summed E-state index contributed by atoms with van der Waals surface area (Å²) >= 11 is 0. The second-order valence-electron chi connectivity index (χ2n) is 8.53. The molecule has 2 aromatic rings. The van der Waals surface area contributed by atoms with Gasteiger partial charge in [-0.15, -0.1) is 12.4 Å². The number of methoxy groups -OCH3 is 1. The standard InChI is InChI=1S/C22H25F5N4O6S.ClH/c1-36-11-10-31-8-6-20(7-9-31,19(32)30-33)38(34,35)16-4-2-15(3-5-16)17-12-29-18(13-28-17)37-14-21(23,24)22(25,26)27;/h2-5,12-13,33H,6-11,14H2,1H3,(H,30,32);1H. The zero-order chi connectivity index (χ0) is 28.2. The van der Waals surface area contributed by atoms with Crippen molar-refractivity contribution < 1.29 is 49.8 Å².